The second-order valence-corrected chi connectivity index (χ2v) is 6.59. The number of carbonyl (C=O) groups excluding carboxylic acids is 1. The molecule has 0 radical (unpaired) electrons. The number of hydrogen-bond acceptors (Lipinski definition) is 3. The van der Waals surface area contributed by atoms with Gasteiger partial charge in [-0.25, -0.2) is 0 Å². The summed E-state index contributed by atoms with van der Waals surface area (Å²) in [5.41, 5.74) is 9.56. The van der Waals surface area contributed by atoms with Crippen LogP contribution in [0, 0.1) is 0 Å². The van der Waals surface area contributed by atoms with Crippen LogP contribution in [0.2, 0.25) is 0 Å². The summed E-state index contributed by atoms with van der Waals surface area (Å²) in [4.78, 5) is 12.9. The average molecular weight is 332 g/mol. The first kappa shape index (κ1) is 15.4. The van der Waals surface area contributed by atoms with Gasteiger partial charge in [0, 0.05) is 19.9 Å². The van der Waals surface area contributed by atoms with E-state index in [0.29, 0.717) is 11.4 Å². The van der Waals surface area contributed by atoms with Crippen molar-refractivity contribution in [1.29, 1.82) is 0 Å². The van der Waals surface area contributed by atoms with E-state index in [-0.39, 0.29) is 5.91 Å². The summed E-state index contributed by atoms with van der Waals surface area (Å²) >= 11 is 0. The zero-order valence-electron chi connectivity index (χ0n) is 14.1. The number of nitrogens with one attached hydrogen (secondary N) is 1. The van der Waals surface area contributed by atoms with Crippen molar-refractivity contribution in [2.45, 2.75) is 18.4 Å². The Morgan fingerprint density at radius 1 is 1.08 bits per heavy atom. The summed E-state index contributed by atoms with van der Waals surface area (Å²) in [6.07, 6.45) is 3.05. The molecule has 3 aromatic rings. The van der Waals surface area contributed by atoms with Gasteiger partial charge in [-0.1, -0.05) is 54.6 Å². The van der Waals surface area contributed by atoms with Crippen molar-refractivity contribution >= 4 is 11.7 Å². The van der Waals surface area contributed by atoms with Crippen LogP contribution >= 0.6 is 0 Å². The number of rotatable bonds is 3. The molecule has 0 saturated carbocycles. The summed E-state index contributed by atoms with van der Waals surface area (Å²) in [6.45, 7) is 0. The maximum Gasteiger partial charge on any atom is 0.257 e. The number of nitrogen functional groups attached to an aromatic ring is 1. The van der Waals surface area contributed by atoms with Crippen molar-refractivity contribution in [3.05, 3.63) is 83.0 Å². The molecule has 1 aliphatic rings. The van der Waals surface area contributed by atoms with Gasteiger partial charge in [0.2, 0.25) is 0 Å². The number of amides is 1. The minimum absolute atomic E-state index is 0.192. The molecular weight excluding hydrogens is 312 g/mol. The number of aromatic nitrogens is 2. The fraction of sp³-hybridized carbons (Fsp3) is 0.200. The Morgan fingerprint density at radius 3 is 2.24 bits per heavy atom. The first-order chi connectivity index (χ1) is 12.1. The van der Waals surface area contributed by atoms with Gasteiger partial charge in [0.1, 0.15) is 11.4 Å². The summed E-state index contributed by atoms with van der Waals surface area (Å²) in [5.74, 6) is 0.179. The molecule has 1 aliphatic carbocycles. The van der Waals surface area contributed by atoms with Gasteiger partial charge in [-0.15, -0.1) is 0 Å². The minimum Gasteiger partial charge on any atom is -0.383 e. The van der Waals surface area contributed by atoms with E-state index in [1.54, 1.807) is 7.05 Å². The van der Waals surface area contributed by atoms with Crippen molar-refractivity contribution in [1.82, 2.24) is 15.1 Å². The molecule has 2 aromatic carbocycles. The van der Waals surface area contributed by atoms with Crippen molar-refractivity contribution in [2.75, 3.05) is 5.73 Å². The van der Waals surface area contributed by atoms with E-state index >= 15 is 0 Å². The Bertz CT molecular complexity index is 905. The van der Waals surface area contributed by atoms with Gasteiger partial charge < -0.3 is 11.1 Å². The van der Waals surface area contributed by atoms with Gasteiger partial charge in [0.15, 0.2) is 0 Å². The number of aryl methyl sites for hydroxylation is 1. The van der Waals surface area contributed by atoms with Crippen LogP contribution in [0.5, 0.6) is 0 Å². The lowest BCUT2D eigenvalue weighted by molar-refractivity contribution is 0.0901. The topological polar surface area (TPSA) is 72.9 Å². The van der Waals surface area contributed by atoms with E-state index < -0.39 is 5.54 Å². The maximum atomic E-state index is 12.9. The van der Waals surface area contributed by atoms with E-state index in [1.165, 1.54) is 22.0 Å². The van der Waals surface area contributed by atoms with E-state index in [9.17, 15) is 4.79 Å². The molecule has 5 nitrogen and oxygen atoms in total. The Hall–Kier alpha value is -3.08. The molecule has 1 amide bonds. The van der Waals surface area contributed by atoms with Crippen LogP contribution in [-0.4, -0.2) is 15.7 Å². The SMILES string of the molecule is Cn1ncc(C(=O)NC2(c3ccccc3)Cc3ccccc3C2)c1N. The molecule has 5 heteroatoms. The molecule has 1 heterocycles. The molecule has 25 heavy (non-hydrogen) atoms. The molecule has 0 fully saturated rings. The van der Waals surface area contributed by atoms with Crippen molar-refractivity contribution in [3.8, 4) is 0 Å². The number of nitrogens with zero attached hydrogens (tertiary/aromatic N) is 2. The number of nitrogens with two attached hydrogens (primary N) is 1. The molecule has 0 saturated heterocycles. The van der Waals surface area contributed by atoms with Gasteiger partial charge >= 0.3 is 0 Å². The predicted molar refractivity (Wildman–Crippen MR) is 97.1 cm³/mol. The molecular formula is C20H20N4O. The normalized spacial score (nSPS) is 14.9. The molecule has 3 N–H and O–H groups in total. The lowest BCUT2D eigenvalue weighted by Gasteiger charge is -2.31. The number of carbonyl (C=O) groups is 1. The number of benzene rings is 2. The summed E-state index contributed by atoms with van der Waals surface area (Å²) in [7, 11) is 1.73. The third-order valence-corrected chi connectivity index (χ3v) is 5.01. The van der Waals surface area contributed by atoms with Crippen molar-refractivity contribution in [2.24, 2.45) is 7.05 Å². The van der Waals surface area contributed by atoms with Gasteiger partial charge in [0.25, 0.3) is 5.91 Å². The first-order valence-corrected chi connectivity index (χ1v) is 8.31. The van der Waals surface area contributed by atoms with E-state index in [4.69, 9.17) is 5.73 Å². The van der Waals surface area contributed by atoms with Crippen LogP contribution in [0.25, 0.3) is 0 Å². The quantitative estimate of drug-likeness (QED) is 0.774. The molecule has 0 aliphatic heterocycles. The lowest BCUT2D eigenvalue weighted by atomic mass is 9.86. The average Bonchev–Trinajstić information content (AvgIpc) is 3.17. The van der Waals surface area contributed by atoms with Crippen molar-refractivity contribution < 1.29 is 4.79 Å². The highest BCUT2D eigenvalue weighted by Crippen LogP contribution is 2.38. The molecule has 0 unspecified atom stereocenters. The Kier molecular flexibility index (Phi) is 3.57. The zero-order valence-corrected chi connectivity index (χ0v) is 14.1. The smallest absolute Gasteiger partial charge is 0.257 e. The third kappa shape index (κ3) is 2.58. The summed E-state index contributed by atoms with van der Waals surface area (Å²) < 4.78 is 1.51. The third-order valence-electron chi connectivity index (χ3n) is 5.01. The van der Waals surface area contributed by atoms with Gasteiger partial charge in [-0.3, -0.25) is 9.48 Å². The molecule has 4 rings (SSSR count). The van der Waals surface area contributed by atoms with E-state index in [2.05, 4.69) is 34.7 Å². The molecule has 0 bridgehead atoms. The second-order valence-electron chi connectivity index (χ2n) is 6.59. The van der Waals surface area contributed by atoms with Crippen LogP contribution in [0.3, 0.4) is 0 Å². The number of hydrogen-bond donors (Lipinski definition) is 2. The van der Waals surface area contributed by atoms with E-state index in [1.807, 2.05) is 30.3 Å². The second kappa shape index (κ2) is 5.77. The Morgan fingerprint density at radius 2 is 1.68 bits per heavy atom. The van der Waals surface area contributed by atoms with Crippen LogP contribution in [0.4, 0.5) is 5.82 Å². The van der Waals surface area contributed by atoms with Gasteiger partial charge in [-0.2, -0.15) is 5.10 Å². The fourth-order valence-corrected chi connectivity index (χ4v) is 3.64. The van der Waals surface area contributed by atoms with Crippen molar-refractivity contribution in [3.63, 3.8) is 0 Å². The fourth-order valence-electron chi connectivity index (χ4n) is 3.64. The number of fused-ring (bicyclic) bond motifs is 1. The highest BCUT2D eigenvalue weighted by molar-refractivity contribution is 5.98. The van der Waals surface area contributed by atoms with Crippen LogP contribution in [0.1, 0.15) is 27.0 Å². The summed E-state index contributed by atoms with van der Waals surface area (Å²) in [6, 6.07) is 18.5. The number of anilines is 1. The minimum atomic E-state index is -0.468. The highest BCUT2D eigenvalue weighted by atomic mass is 16.1. The molecule has 126 valence electrons. The lowest BCUT2D eigenvalue weighted by Crippen LogP contribution is -2.46. The molecule has 0 atom stereocenters. The van der Waals surface area contributed by atoms with E-state index in [0.717, 1.165) is 18.4 Å². The van der Waals surface area contributed by atoms with Crippen LogP contribution in [0.15, 0.2) is 60.8 Å². The predicted octanol–water partition coefficient (Wildman–Crippen LogP) is 2.43. The first-order valence-electron chi connectivity index (χ1n) is 8.31. The Labute approximate surface area is 146 Å². The monoisotopic (exact) mass is 332 g/mol. The largest absolute Gasteiger partial charge is 0.383 e. The maximum absolute atomic E-state index is 12.9. The summed E-state index contributed by atoms with van der Waals surface area (Å²) in [5, 5.41) is 7.33. The van der Waals surface area contributed by atoms with Crippen LogP contribution in [-0.2, 0) is 25.4 Å². The van der Waals surface area contributed by atoms with Gasteiger partial charge in [-0.05, 0) is 16.7 Å². The standard InChI is InChI=1S/C20H20N4O/c1-24-18(21)17(13-22-24)19(25)23-20(16-9-3-2-4-10-16)11-14-7-5-6-8-15(14)12-20/h2-10,13H,11-12,21H2,1H3,(H,23,25). The zero-order chi connectivity index (χ0) is 17.4. The molecule has 1 aromatic heterocycles. The highest BCUT2D eigenvalue weighted by Gasteiger charge is 2.40. The van der Waals surface area contributed by atoms with Crippen LogP contribution < -0.4 is 11.1 Å². The van der Waals surface area contributed by atoms with Gasteiger partial charge in [0.05, 0.1) is 11.7 Å². The Balaban J connectivity index is 1.73. The molecule has 0 spiro atoms.